The fourth-order valence-electron chi connectivity index (χ4n) is 9.80. The average Bonchev–Trinajstić information content (AvgIpc) is 3.67. The normalized spacial score (nSPS) is 13.7. The van der Waals surface area contributed by atoms with Gasteiger partial charge in [-0.05, 0) is 119 Å². The van der Waals surface area contributed by atoms with E-state index < -0.39 is 5.41 Å². The van der Waals surface area contributed by atoms with E-state index in [4.69, 9.17) is 4.74 Å². The van der Waals surface area contributed by atoms with Crippen LogP contribution in [0.4, 0.5) is 0 Å². The molecule has 0 saturated heterocycles. The summed E-state index contributed by atoms with van der Waals surface area (Å²) in [7, 11) is 0. The fraction of sp³-hybridized carbons (Fsp3) is 0.0196. The molecule has 0 bridgehead atoms. The van der Waals surface area contributed by atoms with Crippen LogP contribution in [0.15, 0.2) is 182 Å². The Labute approximate surface area is 302 Å². The molecule has 9 aromatic rings. The lowest BCUT2D eigenvalue weighted by atomic mass is 9.70. The molecule has 1 aliphatic heterocycles. The highest BCUT2D eigenvalue weighted by Gasteiger charge is 2.52. The monoisotopic (exact) mass is 658 g/mol. The summed E-state index contributed by atoms with van der Waals surface area (Å²) < 4.78 is 6.47. The van der Waals surface area contributed by atoms with Gasteiger partial charge < -0.3 is 4.74 Å². The van der Waals surface area contributed by atoms with Gasteiger partial charge in [-0.25, -0.2) is 0 Å². The van der Waals surface area contributed by atoms with Crippen LogP contribution >= 0.6 is 0 Å². The molecule has 0 atom stereocenters. The van der Waals surface area contributed by atoms with Crippen LogP contribution in [-0.2, 0) is 5.41 Å². The standard InChI is InChI=1S/C51H30O/c1-2-12-32(13-3-1)49-36-26-24-33(34-25-27-46-41(29-34)39-19-10-14-31-15-11-23-47(52-46)48(31)39)28-35(36)30-45-50(49)40-18-6-9-22-44(40)51(45)42-20-7-4-16-37(42)38-17-5-8-21-43(38)51/h1-30H. The van der Waals surface area contributed by atoms with Gasteiger partial charge in [-0.15, -0.1) is 0 Å². The van der Waals surface area contributed by atoms with Gasteiger partial charge in [0.15, 0.2) is 0 Å². The van der Waals surface area contributed by atoms with Crippen LogP contribution in [0.5, 0.6) is 11.5 Å². The zero-order chi connectivity index (χ0) is 34.0. The van der Waals surface area contributed by atoms with E-state index >= 15 is 0 Å². The molecule has 0 N–H and O–H groups in total. The van der Waals surface area contributed by atoms with Gasteiger partial charge in [0.2, 0.25) is 0 Å². The van der Waals surface area contributed by atoms with E-state index in [1.807, 2.05) is 0 Å². The summed E-state index contributed by atoms with van der Waals surface area (Å²) in [5.74, 6) is 1.82. The third kappa shape index (κ3) is 3.52. The lowest BCUT2D eigenvalue weighted by molar-refractivity contribution is 0.487. The van der Waals surface area contributed by atoms with Gasteiger partial charge >= 0.3 is 0 Å². The Hall–Kier alpha value is -6.70. The fourth-order valence-corrected chi connectivity index (χ4v) is 9.80. The Morgan fingerprint density at radius 3 is 1.71 bits per heavy atom. The first kappa shape index (κ1) is 28.0. The molecule has 1 spiro atoms. The number of fused-ring (bicyclic) bond motifs is 13. The van der Waals surface area contributed by atoms with Crippen molar-refractivity contribution in [2.45, 2.75) is 5.41 Å². The van der Waals surface area contributed by atoms with Crippen molar-refractivity contribution in [1.29, 1.82) is 0 Å². The largest absolute Gasteiger partial charge is 0.456 e. The van der Waals surface area contributed by atoms with Gasteiger partial charge in [-0.2, -0.15) is 0 Å². The van der Waals surface area contributed by atoms with Crippen molar-refractivity contribution in [3.05, 3.63) is 204 Å². The van der Waals surface area contributed by atoms with Crippen molar-refractivity contribution in [3.63, 3.8) is 0 Å². The Morgan fingerprint density at radius 2 is 0.942 bits per heavy atom. The molecule has 0 fully saturated rings. The first-order valence-electron chi connectivity index (χ1n) is 18.1. The zero-order valence-electron chi connectivity index (χ0n) is 28.2. The number of hydrogen-bond acceptors (Lipinski definition) is 1. The lowest BCUT2D eigenvalue weighted by Crippen LogP contribution is -2.25. The van der Waals surface area contributed by atoms with Crippen LogP contribution in [0.3, 0.4) is 0 Å². The summed E-state index contributed by atoms with van der Waals surface area (Å²) in [6.45, 7) is 0. The van der Waals surface area contributed by atoms with E-state index in [1.54, 1.807) is 0 Å². The molecule has 12 rings (SSSR count). The van der Waals surface area contributed by atoms with Crippen molar-refractivity contribution in [2.75, 3.05) is 0 Å². The maximum atomic E-state index is 6.47. The molecule has 2 aliphatic carbocycles. The second kappa shape index (κ2) is 10.2. The Balaban J connectivity index is 1.15. The SMILES string of the molecule is c1ccc(-c2c3c(cc4cc(-c5ccc6c(c5)-c5cccc7cccc(c57)O6)ccc24)C2(c4ccccc4-c4ccccc42)c2ccccc2-3)cc1. The average molecular weight is 659 g/mol. The number of hydrogen-bond donors (Lipinski definition) is 0. The van der Waals surface area contributed by atoms with E-state index in [1.165, 1.54) is 93.9 Å². The van der Waals surface area contributed by atoms with Crippen molar-refractivity contribution < 1.29 is 4.74 Å². The molecular formula is C51H30O. The summed E-state index contributed by atoms with van der Waals surface area (Å²) in [6, 6.07) is 67.3. The van der Waals surface area contributed by atoms with Gasteiger partial charge in [-0.1, -0.05) is 152 Å². The number of ether oxygens (including phenoxy) is 1. The maximum Gasteiger partial charge on any atom is 0.135 e. The highest BCUT2D eigenvalue weighted by Crippen LogP contribution is 2.65. The van der Waals surface area contributed by atoms with Crippen molar-refractivity contribution in [1.82, 2.24) is 0 Å². The molecule has 1 heterocycles. The van der Waals surface area contributed by atoms with Crippen LogP contribution in [0, 0.1) is 0 Å². The summed E-state index contributed by atoms with van der Waals surface area (Å²) in [5.41, 5.74) is 17.6. The van der Waals surface area contributed by atoms with Gasteiger partial charge in [-0.3, -0.25) is 0 Å². The molecule has 240 valence electrons. The molecular weight excluding hydrogens is 629 g/mol. The van der Waals surface area contributed by atoms with Gasteiger partial charge in [0.05, 0.1) is 5.41 Å². The smallest absolute Gasteiger partial charge is 0.135 e. The third-order valence-corrected chi connectivity index (χ3v) is 11.8. The van der Waals surface area contributed by atoms with Crippen LogP contribution in [0.25, 0.3) is 77.2 Å². The molecule has 1 heteroatoms. The van der Waals surface area contributed by atoms with Crippen LogP contribution < -0.4 is 4.74 Å². The molecule has 52 heavy (non-hydrogen) atoms. The number of benzene rings is 9. The molecule has 0 aromatic heterocycles. The second-order valence-electron chi connectivity index (χ2n) is 14.3. The molecule has 0 saturated carbocycles. The molecule has 3 aliphatic rings. The molecule has 9 aromatic carbocycles. The van der Waals surface area contributed by atoms with E-state index in [0.29, 0.717) is 0 Å². The third-order valence-electron chi connectivity index (χ3n) is 11.8. The van der Waals surface area contributed by atoms with Crippen LogP contribution in [0.2, 0.25) is 0 Å². The second-order valence-corrected chi connectivity index (χ2v) is 14.3. The predicted molar refractivity (Wildman–Crippen MR) is 214 cm³/mol. The predicted octanol–water partition coefficient (Wildman–Crippen LogP) is 13.4. The van der Waals surface area contributed by atoms with E-state index in [2.05, 4.69) is 182 Å². The first-order valence-corrected chi connectivity index (χ1v) is 18.1. The zero-order valence-corrected chi connectivity index (χ0v) is 28.2. The molecule has 1 nitrogen and oxygen atoms in total. The highest BCUT2D eigenvalue weighted by atomic mass is 16.5. The topological polar surface area (TPSA) is 9.23 Å². The number of rotatable bonds is 2. The highest BCUT2D eigenvalue weighted by molar-refractivity contribution is 6.11. The van der Waals surface area contributed by atoms with E-state index in [9.17, 15) is 0 Å². The van der Waals surface area contributed by atoms with Crippen LogP contribution in [-0.4, -0.2) is 0 Å². The van der Waals surface area contributed by atoms with E-state index in [0.717, 1.165) is 17.1 Å². The van der Waals surface area contributed by atoms with E-state index in [-0.39, 0.29) is 0 Å². The Bertz CT molecular complexity index is 2940. The molecule has 0 amide bonds. The Morgan fingerprint density at radius 1 is 0.327 bits per heavy atom. The quantitative estimate of drug-likeness (QED) is 0.180. The van der Waals surface area contributed by atoms with Gasteiger partial charge in [0.1, 0.15) is 11.5 Å². The minimum Gasteiger partial charge on any atom is -0.456 e. The minimum absolute atomic E-state index is 0.415. The van der Waals surface area contributed by atoms with Crippen molar-refractivity contribution in [3.8, 4) is 67.1 Å². The van der Waals surface area contributed by atoms with Crippen molar-refractivity contribution in [2.24, 2.45) is 0 Å². The Kier molecular flexibility index (Phi) is 5.49. The summed E-state index contributed by atoms with van der Waals surface area (Å²) in [4.78, 5) is 0. The van der Waals surface area contributed by atoms with Gasteiger partial charge in [0.25, 0.3) is 0 Å². The van der Waals surface area contributed by atoms with Gasteiger partial charge in [0, 0.05) is 10.9 Å². The molecule has 0 unspecified atom stereocenters. The van der Waals surface area contributed by atoms with Crippen LogP contribution in [0.1, 0.15) is 22.3 Å². The molecule has 0 radical (unpaired) electrons. The summed E-state index contributed by atoms with van der Waals surface area (Å²) in [5, 5.41) is 4.88. The lowest BCUT2D eigenvalue weighted by Gasteiger charge is -2.31. The maximum absolute atomic E-state index is 6.47. The van der Waals surface area contributed by atoms with Crippen molar-refractivity contribution >= 4 is 21.5 Å². The summed E-state index contributed by atoms with van der Waals surface area (Å²) >= 11 is 0. The minimum atomic E-state index is -0.415. The first-order chi connectivity index (χ1) is 25.8. The summed E-state index contributed by atoms with van der Waals surface area (Å²) in [6.07, 6.45) is 0.